The zero-order valence-corrected chi connectivity index (χ0v) is 9.75. The zero-order chi connectivity index (χ0) is 7.61. The standard InChI is InChI=1S/C7H15OSSi.Li/c1-10(2,3)7-8-5-4-6-9-7;/h4-6H2,1-3H3;/q-1;+1. The Kier molecular flexibility index (Phi) is 5.49. The van der Waals surface area contributed by atoms with E-state index in [0.29, 0.717) is 0 Å². The van der Waals surface area contributed by atoms with Crippen LogP contribution >= 0.6 is 11.8 Å². The van der Waals surface area contributed by atoms with Gasteiger partial charge in [0.05, 0.1) is 0 Å². The smallest absolute Gasteiger partial charge is 0.540 e. The first-order valence-corrected chi connectivity index (χ1v) is 8.22. The summed E-state index contributed by atoms with van der Waals surface area (Å²) in [6.45, 7) is 7.95. The van der Waals surface area contributed by atoms with E-state index >= 15 is 0 Å². The molecule has 1 fully saturated rings. The van der Waals surface area contributed by atoms with Gasteiger partial charge in [0.2, 0.25) is 0 Å². The summed E-state index contributed by atoms with van der Waals surface area (Å²) in [5, 5.41) is 1.35. The summed E-state index contributed by atoms with van der Waals surface area (Å²) in [5.74, 6) is 1.26. The molecule has 11 heavy (non-hydrogen) atoms. The largest absolute Gasteiger partial charge is 1.00 e. The molecule has 0 aromatic carbocycles. The molecule has 0 aromatic rings. The van der Waals surface area contributed by atoms with Crippen LogP contribution in [0.2, 0.25) is 19.6 Å². The van der Waals surface area contributed by atoms with Crippen LogP contribution in [0.25, 0.3) is 0 Å². The van der Waals surface area contributed by atoms with Gasteiger partial charge in [-0.3, -0.25) is 0 Å². The first-order valence-electron chi connectivity index (χ1n) is 3.74. The minimum absolute atomic E-state index is 0. The molecule has 1 aliphatic heterocycles. The van der Waals surface area contributed by atoms with Gasteiger partial charge in [-0.15, -0.1) is 5.06 Å². The van der Waals surface area contributed by atoms with E-state index in [1.54, 1.807) is 0 Å². The maximum absolute atomic E-state index is 5.58. The van der Waals surface area contributed by atoms with E-state index in [-0.39, 0.29) is 18.9 Å². The van der Waals surface area contributed by atoms with Crippen LogP contribution in [0.15, 0.2) is 0 Å². The molecule has 1 aliphatic rings. The molecular formula is C7H15LiOSSi. The molecule has 0 bridgehead atoms. The van der Waals surface area contributed by atoms with Crippen LogP contribution in [0.1, 0.15) is 6.42 Å². The normalized spacial score (nSPS) is 21.0. The summed E-state index contributed by atoms with van der Waals surface area (Å²) in [4.78, 5) is 0. The van der Waals surface area contributed by atoms with E-state index in [9.17, 15) is 0 Å². The van der Waals surface area contributed by atoms with Gasteiger partial charge in [-0.2, -0.15) is 0 Å². The Hall–Kier alpha value is 1.12. The Morgan fingerprint density at radius 2 is 2.00 bits per heavy atom. The summed E-state index contributed by atoms with van der Waals surface area (Å²) in [6, 6.07) is 0. The number of rotatable bonds is 1. The van der Waals surface area contributed by atoms with E-state index in [0.717, 1.165) is 6.61 Å². The van der Waals surface area contributed by atoms with E-state index in [2.05, 4.69) is 19.6 Å². The summed E-state index contributed by atoms with van der Waals surface area (Å²) in [6.07, 6.45) is 1.22. The van der Waals surface area contributed by atoms with Crippen molar-refractivity contribution in [3.8, 4) is 0 Å². The van der Waals surface area contributed by atoms with E-state index < -0.39 is 8.07 Å². The van der Waals surface area contributed by atoms with Gasteiger partial charge in [-0.25, -0.2) is 0 Å². The average Bonchev–Trinajstić information content (AvgIpc) is 1.88. The number of thioether (sulfide) groups is 1. The van der Waals surface area contributed by atoms with Crippen LogP contribution in [0.3, 0.4) is 0 Å². The molecule has 60 valence electrons. The Morgan fingerprint density at radius 1 is 1.36 bits per heavy atom. The third-order valence-electron chi connectivity index (χ3n) is 1.37. The van der Waals surface area contributed by atoms with Crippen molar-refractivity contribution in [3.05, 3.63) is 5.06 Å². The van der Waals surface area contributed by atoms with Gasteiger partial charge in [-0.05, 0) is 12.2 Å². The molecule has 0 aromatic heterocycles. The van der Waals surface area contributed by atoms with Gasteiger partial charge in [0.15, 0.2) is 0 Å². The van der Waals surface area contributed by atoms with E-state index in [1.807, 2.05) is 11.8 Å². The van der Waals surface area contributed by atoms with Gasteiger partial charge in [0, 0.05) is 6.61 Å². The minimum Gasteiger partial charge on any atom is -0.540 e. The molecule has 1 nitrogen and oxygen atoms in total. The Morgan fingerprint density at radius 3 is 2.27 bits per heavy atom. The van der Waals surface area contributed by atoms with Crippen LogP contribution in [-0.2, 0) is 4.74 Å². The molecule has 4 heteroatoms. The second kappa shape index (κ2) is 4.98. The maximum atomic E-state index is 5.58. The van der Waals surface area contributed by atoms with Gasteiger partial charge < -0.3 is 16.5 Å². The third kappa shape index (κ3) is 4.05. The Labute approximate surface area is 86.8 Å². The number of hydrogen-bond acceptors (Lipinski definition) is 2. The molecule has 0 radical (unpaired) electrons. The predicted octanol–water partition coefficient (Wildman–Crippen LogP) is -0.489. The maximum Gasteiger partial charge on any atom is 1.00 e. The third-order valence-corrected chi connectivity index (χ3v) is 5.88. The summed E-state index contributed by atoms with van der Waals surface area (Å²) >= 11 is 1.93. The van der Waals surface area contributed by atoms with Crippen molar-refractivity contribution in [2.24, 2.45) is 0 Å². The quantitative estimate of drug-likeness (QED) is 0.400. The van der Waals surface area contributed by atoms with Crippen LogP contribution < -0.4 is 18.9 Å². The van der Waals surface area contributed by atoms with Crippen LogP contribution in [-0.4, -0.2) is 20.4 Å². The molecule has 0 aliphatic carbocycles. The Balaban J connectivity index is 0.000001000. The molecule has 1 saturated heterocycles. The molecule has 0 amide bonds. The van der Waals surface area contributed by atoms with Gasteiger partial charge in [0.1, 0.15) is 0 Å². The number of ether oxygens (including phenoxy) is 1. The fraction of sp³-hybridized carbons (Fsp3) is 0.857. The van der Waals surface area contributed by atoms with Crippen molar-refractivity contribution in [1.29, 1.82) is 0 Å². The zero-order valence-electron chi connectivity index (χ0n) is 7.94. The predicted molar refractivity (Wildman–Crippen MR) is 49.6 cm³/mol. The molecular weight excluding hydrogens is 167 g/mol. The molecule has 0 N–H and O–H groups in total. The second-order valence-corrected chi connectivity index (χ2v) is 9.97. The van der Waals surface area contributed by atoms with Crippen molar-refractivity contribution in [2.75, 3.05) is 12.4 Å². The van der Waals surface area contributed by atoms with Crippen LogP contribution in [0.4, 0.5) is 0 Å². The Bertz CT molecular complexity index is 109. The topological polar surface area (TPSA) is 9.23 Å². The van der Waals surface area contributed by atoms with E-state index in [4.69, 9.17) is 4.74 Å². The molecule has 0 unspecified atom stereocenters. The van der Waals surface area contributed by atoms with E-state index in [1.165, 1.54) is 17.2 Å². The number of hydrogen-bond donors (Lipinski definition) is 0. The van der Waals surface area contributed by atoms with Gasteiger partial charge in [-0.1, -0.05) is 27.7 Å². The molecule has 1 heterocycles. The van der Waals surface area contributed by atoms with Crippen molar-refractivity contribution in [2.45, 2.75) is 26.1 Å². The van der Waals surface area contributed by atoms with Crippen LogP contribution in [0.5, 0.6) is 0 Å². The van der Waals surface area contributed by atoms with Crippen LogP contribution in [0, 0.1) is 5.06 Å². The molecule has 0 atom stereocenters. The average molecular weight is 182 g/mol. The summed E-state index contributed by atoms with van der Waals surface area (Å²) in [7, 11) is -1.10. The van der Waals surface area contributed by atoms with Crippen molar-refractivity contribution < 1.29 is 23.6 Å². The fourth-order valence-electron chi connectivity index (χ4n) is 0.863. The second-order valence-electron chi connectivity index (χ2n) is 3.59. The first kappa shape index (κ1) is 12.1. The van der Waals surface area contributed by atoms with Crippen molar-refractivity contribution in [3.63, 3.8) is 0 Å². The summed E-state index contributed by atoms with van der Waals surface area (Å²) < 4.78 is 5.58. The molecule has 1 rings (SSSR count). The fourth-order valence-corrected chi connectivity index (χ4v) is 4.05. The molecule has 0 spiro atoms. The monoisotopic (exact) mass is 182 g/mol. The minimum atomic E-state index is -1.10. The van der Waals surface area contributed by atoms with Gasteiger partial charge in [0.25, 0.3) is 0 Å². The molecule has 0 saturated carbocycles. The van der Waals surface area contributed by atoms with Crippen molar-refractivity contribution >= 4 is 19.8 Å². The van der Waals surface area contributed by atoms with Crippen molar-refractivity contribution in [1.82, 2.24) is 0 Å². The first-order chi connectivity index (χ1) is 4.61. The summed E-state index contributed by atoms with van der Waals surface area (Å²) in [5.41, 5.74) is 0. The van der Waals surface area contributed by atoms with Gasteiger partial charge >= 0.3 is 18.9 Å². The SMILES string of the molecule is C[Si](C)(C)[C-]1OCCCS1.[Li+].